The number of halogens is 1. The van der Waals surface area contributed by atoms with E-state index < -0.39 is 0 Å². The Kier molecular flexibility index (Phi) is 3.44. The van der Waals surface area contributed by atoms with Crippen molar-refractivity contribution < 1.29 is 9.18 Å². The Bertz CT molecular complexity index is 481. The molecule has 17 heavy (non-hydrogen) atoms. The van der Waals surface area contributed by atoms with Crippen LogP contribution in [0.3, 0.4) is 0 Å². The van der Waals surface area contributed by atoms with Gasteiger partial charge in [-0.15, -0.1) is 0 Å². The summed E-state index contributed by atoms with van der Waals surface area (Å²) in [6.45, 7) is 0. The Balaban J connectivity index is 1.83. The normalized spacial score (nSPS) is 10.2. The third kappa shape index (κ3) is 3.37. The zero-order valence-electron chi connectivity index (χ0n) is 8.98. The Morgan fingerprint density at radius 3 is 2.76 bits per heavy atom. The first-order chi connectivity index (χ1) is 8.24. The number of H-pyrrole nitrogens is 1. The number of amides is 1. The van der Waals surface area contributed by atoms with E-state index in [-0.39, 0.29) is 11.7 Å². The molecular formula is C11H11FN4O. The lowest BCUT2D eigenvalue weighted by atomic mass is 10.2. The van der Waals surface area contributed by atoms with Crippen LogP contribution in [0.4, 0.5) is 10.1 Å². The van der Waals surface area contributed by atoms with Crippen molar-refractivity contribution in [3.8, 4) is 0 Å². The first-order valence-electron chi connectivity index (χ1n) is 5.14. The van der Waals surface area contributed by atoms with Gasteiger partial charge in [0.05, 0.1) is 0 Å². The standard InChI is InChI=1S/C11H11FN4O/c12-8-1-3-9(4-2-8)15-11(17)6-5-10-13-7-14-16-10/h1-4,7H,5-6H2,(H,15,17)(H,13,14,16). The maximum absolute atomic E-state index is 12.6. The van der Waals surface area contributed by atoms with Gasteiger partial charge < -0.3 is 5.32 Å². The SMILES string of the molecule is O=C(CCc1ncn[nH]1)Nc1ccc(F)cc1. The summed E-state index contributed by atoms with van der Waals surface area (Å²) in [5.41, 5.74) is 0.578. The van der Waals surface area contributed by atoms with Crippen molar-refractivity contribution in [2.45, 2.75) is 12.8 Å². The third-order valence-electron chi connectivity index (χ3n) is 2.18. The number of aromatic nitrogens is 3. The van der Waals surface area contributed by atoms with Gasteiger partial charge in [0.15, 0.2) is 0 Å². The third-order valence-corrected chi connectivity index (χ3v) is 2.18. The Morgan fingerprint density at radius 1 is 1.35 bits per heavy atom. The van der Waals surface area contributed by atoms with Gasteiger partial charge in [0, 0.05) is 18.5 Å². The van der Waals surface area contributed by atoms with Crippen molar-refractivity contribution in [2.24, 2.45) is 0 Å². The molecule has 6 heteroatoms. The predicted molar refractivity (Wildman–Crippen MR) is 59.7 cm³/mol. The Labute approximate surface area is 97.1 Å². The van der Waals surface area contributed by atoms with Gasteiger partial charge in [-0.05, 0) is 24.3 Å². The van der Waals surface area contributed by atoms with Gasteiger partial charge in [0.2, 0.25) is 5.91 Å². The van der Waals surface area contributed by atoms with Gasteiger partial charge in [0.1, 0.15) is 18.0 Å². The smallest absolute Gasteiger partial charge is 0.224 e. The van der Waals surface area contributed by atoms with Crippen LogP contribution < -0.4 is 5.32 Å². The number of nitrogens with zero attached hydrogens (tertiary/aromatic N) is 2. The van der Waals surface area contributed by atoms with Crippen LogP contribution in [0.2, 0.25) is 0 Å². The van der Waals surface area contributed by atoms with E-state index in [1.165, 1.54) is 30.6 Å². The fraction of sp³-hybridized carbons (Fsp3) is 0.182. The van der Waals surface area contributed by atoms with Crippen LogP contribution >= 0.6 is 0 Å². The number of hydrogen-bond acceptors (Lipinski definition) is 3. The largest absolute Gasteiger partial charge is 0.326 e. The number of anilines is 1. The van der Waals surface area contributed by atoms with E-state index >= 15 is 0 Å². The van der Waals surface area contributed by atoms with Crippen LogP contribution in [0.15, 0.2) is 30.6 Å². The Morgan fingerprint density at radius 2 is 2.12 bits per heavy atom. The number of rotatable bonds is 4. The minimum absolute atomic E-state index is 0.145. The monoisotopic (exact) mass is 234 g/mol. The van der Waals surface area contributed by atoms with E-state index in [1.54, 1.807) is 0 Å². The van der Waals surface area contributed by atoms with E-state index in [1.807, 2.05) is 0 Å². The molecule has 0 aliphatic carbocycles. The van der Waals surface area contributed by atoms with Crippen molar-refractivity contribution in [2.75, 3.05) is 5.32 Å². The molecule has 0 saturated carbocycles. The van der Waals surface area contributed by atoms with Crippen LogP contribution in [0.5, 0.6) is 0 Å². The molecular weight excluding hydrogens is 223 g/mol. The summed E-state index contributed by atoms with van der Waals surface area (Å²) in [5.74, 6) is 0.192. The first kappa shape index (κ1) is 11.3. The van der Waals surface area contributed by atoms with Crippen LogP contribution in [-0.2, 0) is 11.2 Å². The Hall–Kier alpha value is -2.24. The highest BCUT2D eigenvalue weighted by Crippen LogP contribution is 2.08. The van der Waals surface area contributed by atoms with E-state index in [4.69, 9.17) is 0 Å². The molecule has 2 N–H and O–H groups in total. The fourth-order valence-electron chi connectivity index (χ4n) is 1.34. The summed E-state index contributed by atoms with van der Waals surface area (Å²) < 4.78 is 12.6. The van der Waals surface area contributed by atoms with Crippen molar-refractivity contribution in [1.82, 2.24) is 15.2 Å². The summed E-state index contributed by atoms with van der Waals surface area (Å²) in [6.07, 6.45) is 2.19. The minimum atomic E-state index is -0.329. The van der Waals surface area contributed by atoms with Gasteiger partial charge >= 0.3 is 0 Å². The molecule has 0 fully saturated rings. The maximum Gasteiger partial charge on any atom is 0.224 e. The molecule has 88 valence electrons. The average Bonchev–Trinajstić information content (AvgIpc) is 2.83. The average molecular weight is 234 g/mol. The summed E-state index contributed by atoms with van der Waals surface area (Å²) in [7, 11) is 0. The number of aromatic amines is 1. The van der Waals surface area contributed by atoms with E-state index in [0.717, 1.165) is 0 Å². The second-order valence-electron chi connectivity index (χ2n) is 3.49. The molecule has 0 bridgehead atoms. The minimum Gasteiger partial charge on any atom is -0.326 e. The van der Waals surface area contributed by atoms with E-state index in [2.05, 4.69) is 20.5 Å². The van der Waals surface area contributed by atoms with Crippen molar-refractivity contribution >= 4 is 11.6 Å². The van der Waals surface area contributed by atoms with E-state index in [9.17, 15) is 9.18 Å². The highest BCUT2D eigenvalue weighted by molar-refractivity contribution is 5.90. The molecule has 1 heterocycles. The molecule has 0 saturated heterocycles. The van der Waals surface area contributed by atoms with Crippen molar-refractivity contribution in [3.63, 3.8) is 0 Å². The number of aryl methyl sites for hydroxylation is 1. The number of carbonyl (C=O) groups excluding carboxylic acids is 1. The summed E-state index contributed by atoms with van der Waals surface area (Å²) >= 11 is 0. The second-order valence-corrected chi connectivity index (χ2v) is 3.49. The highest BCUT2D eigenvalue weighted by atomic mass is 19.1. The van der Waals surface area contributed by atoms with Gasteiger partial charge in [-0.25, -0.2) is 9.37 Å². The number of carbonyl (C=O) groups is 1. The topological polar surface area (TPSA) is 70.7 Å². The molecule has 1 aromatic heterocycles. The number of hydrogen-bond donors (Lipinski definition) is 2. The lowest BCUT2D eigenvalue weighted by Crippen LogP contribution is -2.12. The quantitative estimate of drug-likeness (QED) is 0.842. The first-order valence-corrected chi connectivity index (χ1v) is 5.14. The zero-order valence-corrected chi connectivity index (χ0v) is 8.98. The molecule has 1 aromatic carbocycles. The van der Waals surface area contributed by atoms with Crippen LogP contribution in [0.1, 0.15) is 12.2 Å². The van der Waals surface area contributed by atoms with Crippen LogP contribution in [0.25, 0.3) is 0 Å². The van der Waals surface area contributed by atoms with Crippen molar-refractivity contribution in [3.05, 3.63) is 42.2 Å². The van der Waals surface area contributed by atoms with Crippen LogP contribution in [-0.4, -0.2) is 21.1 Å². The van der Waals surface area contributed by atoms with Crippen LogP contribution in [0, 0.1) is 5.82 Å². The summed E-state index contributed by atoms with van der Waals surface area (Å²) in [5, 5.41) is 9.02. The number of nitrogens with one attached hydrogen (secondary N) is 2. The lowest BCUT2D eigenvalue weighted by Gasteiger charge is -2.03. The molecule has 0 aliphatic rings. The predicted octanol–water partition coefficient (Wildman–Crippen LogP) is 1.52. The molecule has 0 spiro atoms. The molecule has 2 aromatic rings. The molecule has 5 nitrogen and oxygen atoms in total. The fourth-order valence-corrected chi connectivity index (χ4v) is 1.34. The molecule has 2 rings (SSSR count). The molecule has 0 unspecified atom stereocenters. The van der Waals surface area contributed by atoms with E-state index in [0.29, 0.717) is 24.4 Å². The number of benzene rings is 1. The molecule has 0 aliphatic heterocycles. The lowest BCUT2D eigenvalue weighted by molar-refractivity contribution is -0.116. The molecule has 0 radical (unpaired) electrons. The zero-order chi connectivity index (χ0) is 12.1. The van der Waals surface area contributed by atoms with Crippen molar-refractivity contribution in [1.29, 1.82) is 0 Å². The molecule has 1 amide bonds. The molecule has 0 atom stereocenters. The summed E-state index contributed by atoms with van der Waals surface area (Å²) in [6, 6.07) is 5.63. The van der Waals surface area contributed by atoms with Gasteiger partial charge in [-0.3, -0.25) is 9.89 Å². The second kappa shape index (κ2) is 5.20. The maximum atomic E-state index is 12.6. The highest BCUT2D eigenvalue weighted by Gasteiger charge is 2.04. The van der Waals surface area contributed by atoms with Gasteiger partial charge in [-0.1, -0.05) is 0 Å². The van der Waals surface area contributed by atoms with Gasteiger partial charge in [0.25, 0.3) is 0 Å². The van der Waals surface area contributed by atoms with Gasteiger partial charge in [-0.2, -0.15) is 5.10 Å². The summed E-state index contributed by atoms with van der Waals surface area (Å²) in [4.78, 5) is 15.4.